The molecule has 1 aliphatic heterocycles. The van der Waals surface area contributed by atoms with Crippen LogP contribution in [0.3, 0.4) is 0 Å². The van der Waals surface area contributed by atoms with Gasteiger partial charge < -0.3 is 10.5 Å². The van der Waals surface area contributed by atoms with E-state index < -0.39 is 16.2 Å². The second-order valence-corrected chi connectivity index (χ2v) is 8.22. The average Bonchev–Trinajstić information content (AvgIpc) is 2.59. The molecule has 0 amide bonds. The Labute approximate surface area is 113 Å². The topological polar surface area (TPSA) is 72.6 Å². The molecule has 0 bridgehead atoms. The van der Waals surface area contributed by atoms with Gasteiger partial charge in [0, 0.05) is 11.4 Å². The van der Waals surface area contributed by atoms with Crippen LogP contribution in [0.1, 0.15) is 4.88 Å². The predicted octanol–water partition coefficient (Wildman–Crippen LogP) is 1.12. The first-order valence-electron chi connectivity index (χ1n) is 5.04. The van der Waals surface area contributed by atoms with Crippen molar-refractivity contribution < 1.29 is 13.2 Å². The van der Waals surface area contributed by atoms with Crippen molar-refractivity contribution in [1.82, 2.24) is 4.31 Å². The summed E-state index contributed by atoms with van der Waals surface area (Å²) in [7, 11) is -3.51. The average molecular weight is 341 g/mol. The number of morpholine rings is 1. The van der Waals surface area contributed by atoms with E-state index in [-0.39, 0.29) is 6.61 Å². The van der Waals surface area contributed by atoms with Crippen LogP contribution in [0.4, 0.5) is 0 Å². The number of rotatable bonds is 2. The minimum Gasteiger partial charge on any atom is -0.377 e. The maximum absolute atomic E-state index is 12.4. The number of hydrogen-bond donors (Lipinski definition) is 1. The molecule has 2 heterocycles. The normalized spacial score (nSPS) is 22.9. The smallest absolute Gasteiger partial charge is 0.245 e. The molecule has 96 valence electrons. The first-order valence-corrected chi connectivity index (χ1v) is 8.09. The molecule has 5 nitrogen and oxygen atoms in total. The predicted molar refractivity (Wildman–Crippen MR) is 69.4 cm³/mol. The summed E-state index contributed by atoms with van der Waals surface area (Å²) < 4.78 is 32.1. The molecular weight excluding hydrogens is 328 g/mol. The minimum absolute atomic E-state index is 0.240. The van der Waals surface area contributed by atoms with Crippen LogP contribution in [0.25, 0.3) is 0 Å². The van der Waals surface area contributed by atoms with Crippen molar-refractivity contribution in [3.8, 4) is 0 Å². The highest BCUT2D eigenvalue weighted by molar-refractivity contribution is 9.11. The van der Waals surface area contributed by atoms with Gasteiger partial charge in [-0.05, 0) is 28.9 Å². The summed E-state index contributed by atoms with van der Waals surface area (Å²) in [5.41, 5.74) is 5.77. The third-order valence-electron chi connectivity index (χ3n) is 2.54. The van der Waals surface area contributed by atoms with Gasteiger partial charge in [0.05, 0.1) is 28.1 Å². The number of halogens is 1. The molecule has 1 aromatic rings. The summed E-state index contributed by atoms with van der Waals surface area (Å²) in [6.45, 7) is 2.71. The van der Waals surface area contributed by atoms with Crippen LogP contribution >= 0.6 is 27.3 Å². The highest BCUT2D eigenvalue weighted by Crippen LogP contribution is 2.32. The lowest BCUT2D eigenvalue weighted by molar-refractivity contribution is 0.0350. The molecule has 1 atom stereocenters. The van der Waals surface area contributed by atoms with E-state index in [4.69, 9.17) is 10.5 Å². The van der Waals surface area contributed by atoms with E-state index in [0.717, 1.165) is 8.66 Å². The molecule has 1 unspecified atom stereocenters. The lowest BCUT2D eigenvalue weighted by atomic mass is 10.4. The van der Waals surface area contributed by atoms with Gasteiger partial charge in [-0.2, -0.15) is 4.31 Å². The molecule has 0 spiro atoms. The summed E-state index contributed by atoms with van der Waals surface area (Å²) in [6.07, 6.45) is -0.605. The summed E-state index contributed by atoms with van der Waals surface area (Å²) in [6, 6.07) is 1.62. The summed E-state index contributed by atoms with van der Waals surface area (Å²) in [4.78, 5) is 1.09. The largest absolute Gasteiger partial charge is 0.377 e. The maximum Gasteiger partial charge on any atom is 0.245 e. The Bertz CT molecular complexity index is 514. The zero-order chi connectivity index (χ0) is 12.6. The van der Waals surface area contributed by atoms with Crippen LogP contribution < -0.4 is 5.73 Å². The maximum atomic E-state index is 12.4. The number of nitrogens with zero attached hydrogens (tertiary/aromatic N) is 1. The van der Waals surface area contributed by atoms with E-state index in [1.54, 1.807) is 13.0 Å². The molecule has 0 aromatic carbocycles. The van der Waals surface area contributed by atoms with E-state index in [2.05, 4.69) is 15.9 Å². The van der Waals surface area contributed by atoms with Gasteiger partial charge in [0.25, 0.3) is 0 Å². The van der Waals surface area contributed by atoms with E-state index >= 15 is 0 Å². The number of aryl methyl sites for hydroxylation is 1. The van der Waals surface area contributed by atoms with E-state index in [9.17, 15) is 8.42 Å². The fourth-order valence-electron chi connectivity index (χ4n) is 1.72. The van der Waals surface area contributed by atoms with E-state index in [0.29, 0.717) is 18.0 Å². The Morgan fingerprint density at radius 2 is 2.35 bits per heavy atom. The standard InChI is InChI=1S/C9H13BrN2O3S2/c1-6-7(4-8(10)16-6)17(13,14)12-2-3-15-5-9(12)11/h4,9H,2-3,5,11H2,1H3. The molecule has 0 saturated carbocycles. The fraction of sp³-hybridized carbons (Fsp3) is 0.556. The van der Waals surface area contributed by atoms with Gasteiger partial charge in [0.2, 0.25) is 10.0 Å². The van der Waals surface area contributed by atoms with Crippen molar-refractivity contribution in [2.24, 2.45) is 5.73 Å². The van der Waals surface area contributed by atoms with E-state index in [1.807, 2.05) is 0 Å². The lowest BCUT2D eigenvalue weighted by Crippen LogP contribution is -2.53. The van der Waals surface area contributed by atoms with Gasteiger partial charge in [-0.15, -0.1) is 11.3 Å². The van der Waals surface area contributed by atoms with Gasteiger partial charge in [-0.3, -0.25) is 0 Å². The van der Waals surface area contributed by atoms with Crippen LogP contribution in [0.2, 0.25) is 0 Å². The van der Waals surface area contributed by atoms with Crippen molar-refractivity contribution in [2.45, 2.75) is 18.0 Å². The molecule has 1 aromatic heterocycles. The van der Waals surface area contributed by atoms with Crippen LogP contribution in [0.15, 0.2) is 14.7 Å². The Balaban J connectivity index is 2.39. The molecule has 8 heteroatoms. The molecular formula is C9H13BrN2O3S2. The molecule has 2 N–H and O–H groups in total. The molecule has 1 fully saturated rings. The lowest BCUT2D eigenvalue weighted by Gasteiger charge is -2.31. The van der Waals surface area contributed by atoms with Crippen molar-refractivity contribution in [3.63, 3.8) is 0 Å². The van der Waals surface area contributed by atoms with Crippen LogP contribution in [-0.4, -0.2) is 38.6 Å². The van der Waals surface area contributed by atoms with Crippen molar-refractivity contribution in [2.75, 3.05) is 19.8 Å². The Kier molecular flexibility index (Phi) is 3.91. The van der Waals surface area contributed by atoms with Crippen molar-refractivity contribution in [3.05, 3.63) is 14.7 Å². The van der Waals surface area contributed by atoms with Gasteiger partial charge in [-0.1, -0.05) is 0 Å². The summed E-state index contributed by atoms with van der Waals surface area (Å²) in [5, 5.41) is 0. The van der Waals surface area contributed by atoms with E-state index in [1.165, 1.54) is 15.6 Å². The Morgan fingerprint density at radius 1 is 1.65 bits per heavy atom. The number of sulfonamides is 1. The Morgan fingerprint density at radius 3 is 2.88 bits per heavy atom. The van der Waals surface area contributed by atoms with Crippen LogP contribution in [0, 0.1) is 6.92 Å². The monoisotopic (exact) mass is 340 g/mol. The zero-order valence-corrected chi connectivity index (χ0v) is 12.4. The SMILES string of the molecule is Cc1sc(Br)cc1S(=O)(=O)N1CCOCC1N. The number of thiophene rings is 1. The third-order valence-corrected chi connectivity index (χ3v) is 6.28. The highest BCUT2D eigenvalue weighted by atomic mass is 79.9. The molecule has 1 saturated heterocycles. The van der Waals surface area contributed by atoms with Gasteiger partial charge >= 0.3 is 0 Å². The van der Waals surface area contributed by atoms with Gasteiger partial charge in [0.1, 0.15) is 0 Å². The summed E-state index contributed by atoms with van der Waals surface area (Å²) >= 11 is 4.69. The molecule has 0 radical (unpaired) electrons. The minimum atomic E-state index is -3.51. The molecule has 2 rings (SSSR count). The third kappa shape index (κ3) is 2.56. The first-order chi connectivity index (χ1) is 7.93. The second-order valence-electron chi connectivity index (χ2n) is 3.73. The highest BCUT2D eigenvalue weighted by Gasteiger charge is 2.33. The summed E-state index contributed by atoms with van der Waals surface area (Å²) in [5.74, 6) is 0. The molecule has 0 aliphatic carbocycles. The van der Waals surface area contributed by atoms with Crippen LogP contribution in [0.5, 0.6) is 0 Å². The molecule has 17 heavy (non-hydrogen) atoms. The first kappa shape index (κ1) is 13.4. The Hall–Kier alpha value is 0.01000. The molecule has 1 aliphatic rings. The number of nitrogens with two attached hydrogens (primary N) is 1. The van der Waals surface area contributed by atoms with Crippen LogP contribution in [-0.2, 0) is 14.8 Å². The second kappa shape index (κ2) is 4.94. The van der Waals surface area contributed by atoms with Crippen molar-refractivity contribution in [1.29, 1.82) is 0 Å². The number of hydrogen-bond acceptors (Lipinski definition) is 5. The van der Waals surface area contributed by atoms with Gasteiger partial charge in [-0.25, -0.2) is 8.42 Å². The quantitative estimate of drug-likeness (QED) is 0.875. The van der Waals surface area contributed by atoms with Gasteiger partial charge in [0.15, 0.2) is 0 Å². The number of ether oxygens (including phenoxy) is 1. The fourth-order valence-corrected chi connectivity index (χ4v) is 5.59. The zero-order valence-electron chi connectivity index (χ0n) is 9.22. The van der Waals surface area contributed by atoms with Crippen molar-refractivity contribution >= 4 is 37.3 Å².